The summed E-state index contributed by atoms with van der Waals surface area (Å²) in [6, 6.07) is 0. The Hall–Kier alpha value is -2.37. The van der Waals surface area contributed by atoms with Crippen LogP contribution in [0.1, 0.15) is 252 Å². The lowest BCUT2D eigenvalue weighted by Crippen LogP contribution is -2.30. The molecule has 0 saturated carbocycles. The van der Waals surface area contributed by atoms with Crippen LogP contribution in [0.2, 0.25) is 0 Å². The third kappa shape index (κ3) is 44.6. The van der Waals surface area contributed by atoms with Crippen LogP contribution in [-0.2, 0) is 28.6 Å². The van der Waals surface area contributed by atoms with Crippen molar-refractivity contribution in [1.29, 1.82) is 0 Å². The van der Waals surface area contributed by atoms with Crippen molar-refractivity contribution in [3.63, 3.8) is 0 Å². The summed E-state index contributed by atoms with van der Waals surface area (Å²) in [5, 5.41) is 0. The quantitative estimate of drug-likeness (QED) is 0.0264. The van der Waals surface area contributed by atoms with E-state index in [1.54, 1.807) is 0 Å². The van der Waals surface area contributed by atoms with Crippen molar-refractivity contribution in [3.8, 4) is 0 Å². The minimum atomic E-state index is -0.770. The monoisotopic (exact) mass is 801 g/mol. The lowest BCUT2D eigenvalue weighted by atomic mass is 10.1. The van der Waals surface area contributed by atoms with E-state index in [4.69, 9.17) is 14.2 Å². The number of carbonyl (C=O) groups is 3. The highest BCUT2D eigenvalue weighted by molar-refractivity contribution is 5.71. The van der Waals surface area contributed by atoms with Crippen molar-refractivity contribution in [2.75, 3.05) is 13.2 Å². The highest BCUT2D eigenvalue weighted by Crippen LogP contribution is 2.15. The number of hydrogen-bond donors (Lipinski definition) is 0. The molecule has 0 amide bonds. The van der Waals surface area contributed by atoms with Crippen molar-refractivity contribution in [2.24, 2.45) is 0 Å². The first-order valence-corrected chi connectivity index (χ1v) is 24.5. The van der Waals surface area contributed by atoms with E-state index in [1.807, 2.05) is 0 Å². The van der Waals surface area contributed by atoms with Crippen LogP contribution in [0, 0.1) is 0 Å². The molecule has 0 aliphatic rings. The molecule has 0 aromatic carbocycles. The van der Waals surface area contributed by atoms with Crippen LogP contribution in [0.25, 0.3) is 0 Å². The summed E-state index contributed by atoms with van der Waals surface area (Å²) in [5.41, 5.74) is 0. The van der Waals surface area contributed by atoms with Crippen molar-refractivity contribution in [2.45, 2.75) is 258 Å². The van der Waals surface area contributed by atoms with Crippen LogP contribution in [0.5, 0.6) is 0 Å². The predicted octanol–water partition coefficient (Wildman–Crippen LogP) is 15.8. The van der Waals surface area contributed by atoms with Gasteiger partial charge in [-0.1, -0.05) is 211 Å². The Bertz CT molecular complexity index is 969. The smallest absolute Gasteiger partial charge is 0.306 e. The Morgan fingerprint density at radius 2 is 0.632 bits per heavy atom. The lowest BCUT2D eigenvalue weighted by molar-refractivity contribution is -0.167. The molecule has 1 atom stereocenters. The molecule has 0 aliphatic heterocycles. The zero-order valence-electron chi connectivity index (χ0n) is 37.9. The average molecular weight is 801 g/mol. The molecule has 0 aromatic heterocycles. The van der Waals surface area contributed by atoms with Gasteiger partial charge in [0.15, 0.2) is 6.10 Å². The number of rotatable bonds is 44. The molecule has 0 N–H and O–H groups in total. The molecule has 0 rings (SSSR count). The van der Waals surface area contributed by atoms with Crippen molar-refractivity contribution < 1.29 is 28.6 Å². The lowest BCUT2D eigenvalue weighted by Gasteiger charge is -2.18. The van der Waals surface area contributed by atoms with Crippen LogP contribution >= 0.6 is 0 Å². The van der Waals surface area contributed by atoms with Gasteiger partial charge in [0.25, 0.3) is 0 Å². The van der Waals surface area contributed by atoms with Crippen molar-refractivity contribution in [3.05, 3.63) is 36.5 Å². The molecule has 6 nitrogen and oxygen atoms in total. The molecule has 1 unspecified atom stereocenters. The number of allylic oxidation sites excluding steroid dienone is 6. The Morgan fingerprint density at radius 3 is 1.02 bits per heavy atom. The largest absolute Gasteiger partial charge is 0.462 e. The minimum absolute atomic E-state index is 0.0731. The molecule has 6 heteroatoms. The molecule has 0 aromatic rings. The van der Waals surface area contributed by atoms with Gasteiger partial charge in [-0.3, -0.25) is 14.4 Å². The maximum Gasteiger partial charge on any atom is 0.306 e. The second kappa shape index (κ2) is 46.3. The number of hydrogen-bond acceptors (Lipinski definition) is 6. The topological polar surface area (TPSA) is 78.9 Å². The first-order chi connectivity index (χ1) is 28.0. The molecular formula is C51H92O6. The van der Waals surface area contributed by atoms with Crippen LogP contribution in [-0.4, -0.2) is 37.2 Å². The minimum Gasteiger partial charge on any atom is -0.462 e. The van der Waals surface area contributed by atoms with Gasteiger partial charge in [0, 0.05) is 19.3 Å². The summed E-state index contributed by atoms with van der Waals surface area (Å²) in [5.74, 6) is -0.883. The maximum atomic E-state index is 12.7. The molecule has 0 aliphatic carbocycles. The summed E-state index contributed by atoms with van der Waals surface area (Å²) >= 11 is 0. The molecule has 0 bridgehead atoms. The fourth-order valence-corrected chi connectivity index (χ4v) is 6.92. The van der Waals surface area contributed by atoms with Gasteiger partial charge in [0.2, 0.25) is 0 Å². The fourth-order valence-electron chi connectivity index (χ4n) is 6.92. The Kier molecular flexibility index (Phi) is 44.4. The van der Waals surface area contributed by atoms with Crippen molar-refractivity contribution in [1.82, 2.24) is 0 Å². The number of unbranched alkanes of at least 4 members (excludes halogenated alkanes) is 27. The van der Waals surface area contributed by atoms with Gasteiger partial charge in [-0.05, 0) is 57.8 Å². The van der Waals surface area contributed by atoms with Gasteiger partial charge >= 0.3 is 17.9 Å². The van der Waals surface area contributed by atoms with E-state index < -0.39 is 6.10 Å². The van der Waals surface area contributed by atoms with E-state index in [1.165, 1.54) is 135 Å². The molecule has 0 fully saturated rings. The fraction of sp³-hybridized carbons (Fsp3) is 0.824. The van der Waals surface area contributed by atoms with Crippen molar-refractivity contribution >= 4 is 17.9 Å². The first-order valence-electron chi connectivity index (χ1n) is 24.5. The Labute approximate surface area is 353 Å². The van der Waals surface area contributed by atoms with Crippen LogP contribution < -0.4 is 0 Å². The first kappa shape index (κ1) is 54.6. The maximum absolute atomic E-state index is 12.7. The molecular weight excluding hydrogens is 709 g/mol. The second-order valence-corrected chi connectivity index (χ2v) is 16.4. The van der Waals surface area contributed by atoms with Crippen LogP contribution in [0.4, 0.5) is 0 Å². The zero-order valence-corrected chi connectivity index (χ0v) is 37.9. The van der Waals surface area contributed by atoms with E-state index in [2.05, 4.69) is 57.2 Å². The predicted molar refractivity (Wildman–Crippen MR) is 242 cm³/mol. The van der Waals surface area contributed by atoms with Crippen LogP contribution in [0.15, 0.2) is 36.5 Å². The van der Waals surface area contributed by atoms with Gasteiger partial charge < -0.3 is 14.2 Å². The van der Waals surface area contributed by atoms with Gasteiger partial charge in [-0.2, -0.15) is 0 Å². The van der Waals surface area contributed by atoms with E-state index in [9.17, 15) is 14.4 Å². The molecule has 0 spiro atoms. The van der Waals surface area contributed by atoms with Gasteiger partial charge in [-0.25, -0.2) is 0 Å². The average Bonchev–Trinajstić information content (AvgIpc) is 3.21. The SMILES string of the molecule is CCCCC/C=C\C/C=C\C/C=C\CCCCCCCCC(=O)OCC(COC(=O)CCCCCCCCCCC)OC(=O)CCCCCCCCCCCCC. The summed E-state index contributed by atoms with van der Waals surface area (Å²) in [7, 11) is 0. The zero-order chi connectivity index (χ0) is 41.5. The number of ether oxygens (including phenoxy) is 3. The molecule has 0 radical (unpaired) electrons. The highest BCUT2D eigenvalue weighted by atomic mass is 16.6. The third-order valence-corrected chi connectivity index (χ3v) is 10.6. The van der Waals surface area contributed by atoms with Gasteiger partial charge in [0.1, 0.15) is 13.2 Å². The molecule has 0 heterocycles. The Morgan fingerprint density at radius 1 is 0.351 bits per heavy atom. The molecule has 0 saturated heterocycles. The van der Waals surface area contributed by atoms with Gasteiger partial charge in [-0.15, -0.1) is 0 Å². The normalized spacial score (nSPS) is 12.3. The summed E-state index contributed by atoms with van der Waals surface area (Å²) in [6.07, 6.45) is 52.7. The molecule has 332 valence electrons. The summed E-state index contributed by atoms with van der Waals surface area (Å²) in [4.78, 5) is 37.7. The van der Waals surface area contributed by atoms with E-state index in [0.717, 1.165) is 77.0 Å². The van der Waals surface area contributed by atoms with E-state index in [0.29, 0.717) is 19.3 Å². The molecule has 57 heavy (non-hydrogen) atoms. The second-order valence-electron chi connectivity index (χ2n) is 16.4. The third-order valence-electron chi connectivity index (χ3n) is 10.6. The van der Waals surface area contributed by atoms with E-state index >= 15 is 0 Å². The summed E-state index contributed by atoms with van der Waals surface area (Å²) in [6.45, 7) is 6.58. The standard InChI is InChI=1S/C51H92O6/c1-4-7-10-13-16-19-21-22-23-24-25-26-27-28-30-32-35-38-41-44-50(53)56-47-48(46-55-49(52)43-40-37-34-31-18-15-12-9-6-3)57-51(54)45-42-39-36-33-29-20-17-14-11-8-5-2/h16,19,22-23,25-26,48H,4-15,17-18,20-21,24,27-47H2,1-3H3/b19-16-,23-22-,26-25-. The summed E-state index contributed by atoms with van der Waals surface area (Å²) < 4.78 is 16.7. The number of esters is 3. The Balaban J connectivity index is 4.30. The van der Waals surface area contributed by atoms with Gasteiger partial charge in [0.05, 0.1) is 0 Å². The highest BCUT2D eigenvalue weighted by Gasteiger charge is 2.19. The van der Waals surface area contributed by atoms with Crippen LogP contribution in [0.3, 0.4) is 0 Å². The number of carbonyl (C=O) groups excluding carboxylic acids is 3. The van der Waals surface area contributed by atoms with E-state index in [-0.39, 0.29) is 31.1 Å².